The maximum absolute atomic E-state index is 10.7. The van der Waals surface area contributed by atoms with E-state index in [0.717, 1.165) is 23.9 Å². The highest BCUT2D eigenvalue weighted by Gasteiger charge is 2.44. The number of carboxylic acid groups (broad SMARTS) is 1. The predicted octanol–water partition coefficient (Wildman–Crippen LogP) is 2.03. The van der Waals surface area contributed by atoms with Gasteiger partial charge in [-0.2, -0.15) is 5.10 Å². The number of nitrogens with one attached hydrogen (secondary N) is 2. The Morgan fingerprint density at radius 3 is 2.96 bits per heavy atom. The number of H-pyrrole nitrogens is 1. The van der Waals surface area contributed by atoms with Crippen LogP contribution in [0, 0.1) is 5.41 Å². The predicted molar refractivity (Wildman–Crippen MR) is 94.7 cm³/mol. The first-order valence-electron chi connectivity index (χ1n) is 8.21. The number of aromatic nitrogens is 4. The van der Waals surface area contributed by atoms with Crippen molar-refractivity contribution in [1.29, 1.82) is 0 Å². The van der Waals surface area contributed by atoms with E-state index in [1.807, 2.05) is 12.1 Å². The number of hydrogen-bond donors (Lipinski definition) is 4. The maximum Gasteiger partial charge on any atom is 0.404 e. The summed E-state index contributed by atoms with van der Waals surface area (Å²) in [5.74, 6) is 0.928. The van der Waals surface area contributed by atoms with Crippen molar-refractivity contribution in [2.45, 2.75) is 12.8 Å². The number of carbonyl (C=O) groups is 1. The Hall–Kier alpha value is -3.36. The molecule has 1 fully saturated rings. The molecule has 0 bridgehead atoms. The van der Waals surface area contributed by atoms with Crippen LogP contribution < -0.4 is 15.8 Å². The van der Waals surface area contributed by atoms with E-state index in [1.54, 1.807) is 18.5 Å². The van der Waals surface area contributed by atoms with Crippen molar-refractivity contribution in [3.8, 4) is 17.0 Å². The van der Waals surface area contributed by atoms with E-state index < -0.39 is 6.09 Å². The second-order valence-electron chi connectivity index (χ2n) is 6.52. The first kappa shape index (κ1) is 16.1. The van der Waals surface area contributed by atoms with Gasteiger partial charge in [0.1, 0.15) is 17.1 Å². The van der Waals surface area contributed by atoms with Crippen LogP contribution in [-0.2, 0) is 0 Å². The summed E-state index contributed by atoms with van der Waals surface area (Å²) in [4.78, 5) is 19.6. The number of rotatable bonds is 6. The van der Waals surface area contributed by atoms with Crippen molar-refractivity contribution in [3.05, 3.63) is 30.6 Å². The molecular weight excluding hydrogens is 336 g/mol. The van der Waals surface area contributed by atoms with Crippen molar-refractivity contribution >= 4 is 22.9 Å². The summed E-state index contributed by atoms with van der Waals surface area (Å²) in [6, 6.07) is 5.40. The minimum absolute atomic E-state index is 0.165. The molecule has 0 atom stereocenters. The molecule has 0 aromatic carbocycles. The van der Waals surface area contributed by atoms with Gasteiger partial charge >= 0.3 is 6.09 Å². The zero-order valence-corrected chi connectivity index (χ0v) is 13.9. The topological polar surface area (TPSA) is 139 Å². The highest BCUT2D eigenvalue weighted by Crippen LogP contribution is 2.46. The molecule has 4 rings (SSSR count). The molecule has 26 heavy (non-hydrogen) atoms. The van der Waals surface area contributed by atoms with E-state index >= 15 is 0 Å². The Morgan fingerprint density at radius 2 is 2.27 bits per heavy atom. The van der Waals surface area contributed by atoms with E-state index in [-0.39, 0.29) is 5.41 Å². The summed E-state index contributed by atoms with van der Waals surface area (Å²) in [6.45, 7) is 0.762. The minimum atomic E-state index is -1.03. The summed E-state index contributed by atoms with van der Waals surface area (Å²) in [5, 5.41) is 18.1. The Kier molecular flexibility index (Phi) is 3.83. The molecule has 0 unspecified atom stereocenters. The van der Waals surface area contributed by atoms with Crippen molar-refractivity contribution in [1.82, 2.24) is 25.5 Å². The SMILES string of the molecule is Nc1cc(-c2c(OCC3(CNC(=O)O)CC3)cnc3cccnc23)[nH]n1. The van der Waals surface area contributed by atoms with Gasteiger partial charge < -0.3 is 20.9 Å². The largest absolute Gasteiger partial charge is 0.491 e. The molecule has 0 radical (unpaired) electrons. The summed E-state index contributed by atoms with van der Waals surface area (Å²) in [5.41, 5.74) is 8.43. The molecule has 0 spiro atoms. The Bertz CT molecular complexity index is 966. The fourth-order valence-electron chi connectivity index (χ4n) is 2.88. The molecule has 1 amide bonds. The molecule has 3 heterocycles. The van der Waals surface area contributed by atoms with Crippen LogP contribution in [-0.4, -0.2) is 44.5 Å². The van der Waals surface area contributed by atoms with E-state index in [2.05, 4.69) is 25.5 Å². The standard InChI is InChI=1S/C17H18N6O3/c18-13-6-11(22-23-13)14-12(7-20-10-2-1-5-19-15(10)14)26-9-17(3-4-17)8-21-16(24)25/h1-2,5-7,21H,3-4,8-9H2,(H,24,25)(H3,18,22,23). The smallest absolute Gasteiger partial charge is 0.404 e. The van der Waals surface area contributed by atoms with Crippen LogP contribution in [0.2, 0.25) is 0 Å². The van der Waals surface area contributed by atoms with E-state index in [1.165, 1.54) is 0 Å². The fourth-order valence-corrected chi connectivity index (χ4v) is 2.88. The Morgan fingerprint density at radius 1 is 1.42 bits per heavy atom. The quantitative estimate of drug-likeness (QED) is 0.531. The number of nitrogens with two attached hydrogens (primary N) is 1. The van der Waals surface area contributed by atoms with Crippen LogP contribution >= 0.6 is 0 Å². The van der Waals surface area contributed by atoms with Crippen molar-refractivity contribution in [2.24, 2.45) is 5.41 Å². The molecule has 0 aliphatic heterocycles. The molecule has 3 aromatic rings. The Labute approximate surface area is 148 Å². The van der Waals surface area contributed by atoms with E-state index in [9.17, 15) is 4.79 Å². The molecule has 3 aromatic heterocycles. The molecule has 9 nitrogen and oxygen atoms in total. The lowest BCUT2D eigenvalue weighted by molar-refractivity contribution is 0.184. The zero-order valence-electron chi connectivity index (χ0n) is 13.9. The molecule has 0 saturated heterocycles. The van der Waals surface area contributed by atoms with Gasteiger partial charge in [0.15, 0.2) is 0 Å². The third-order valence-electron chi connectivity index (χ3n) is 4.56. The number of fused-ring (bicyclic) bond motifs is 1. The van der Waals surface area contributed by atoms with Crippen LogP contribution in [0.5, 0.6) is 5.75 Å². The average Bonchev–Trinajstić information content (AvgIpc) is 3.30. The average molecular weight is 354 g/mol. The van der Waals surface area contributed by atoms with Gasteiger partial charge in [-0.15, -0.1) is 0 Å². The molecule has 1 aliphatic rings. The van der Waals surface area contributed by atoms with Crippen molar-refractivity contribution in [3.63, 3.8) is 0 Å². The van der Waals surface area contributed by atoms with Gasteiger partial charge in [-0.1, -0.05) is 0 Å². The molecule has 9 heteroatoms. The number of ether oxygens (including phenoxy) is 1. The van der Waals surface area contributed by atoms with Gasteiger partial charge in [-0.05, 0) is 25.0 Å². The van der Waals surface area contributed by atoms with Crippen LogP contribution in [0.1, 0.15) is 12.8 Å². The van der Waals surface area contributed by atoms with E-state index in [4.69, 9.17) is 15.6 Å². The molecule has 5 N–H and O–H groups in total. The number of pyridine rings is 2. The number of anilines is 1. The van der Waals surface area contributed by atoms with Crippen LogP contribution in [0.15, 0.2) is 30.6 Å². The van der Waals surface area contributed by atoms with Crippen molar-refractivity contribution in [2.75, 3.05) is 18.9 Å². The highest BCUT2D eigenvalue weighted by atomic mass is 16.5. The summed E-state index contributed by atoms with van der Waals surface area (Å²) in [7, 11) is 0. The number of nitrogen functional groups attached to an aromatic ring is 1. The molecule has 1 saturated carbocycles. The van der Waals surface area contributed by atoms with Gasteiger partial charge in [0.05, 0.1) is 29.6 Å². The maximum atomic E-state index is 10.7. The lowest BCUT2D eigenvalue weighted by atomic mass is 10.1. The lowest BCUT2D eigenvalue weighted by Crippen LogP contribution is -2.32. The van der Waals surface area contributed by atoms with Crippen LogP contribution in [0.25, 0.3) is 22.3 Å². The van der Waals surface area contributed by atoms with Crippen molar-refractivity contribution < 1.29 is 14.6 Å². The lowest BCUT2D eigenvalue weighted by Gasteiger charge is -2.18. The number of amides is 1. The first-order valence-corrected chi connectivity index (χ1v) is 8.21. The second-order valence-corrected chi connectivity index (χ2v) is 6.52. The number of aromatic amines is 1. The van der Waals surface area contributed by atoms with Gasteiger partial charge in [0, 0.05) is 24.2 Å². The van der Waals surface area contributed by atoms with Gasteiger partial charge in [0.2, 0.25) is 0 Å². The minimum Gasteiger partial charge on any atom is -0.491 e. The third-order valence-corrected chi connectivity index (χ3v) is 4.56. The van der Waals surface area contributed by atoms with Gasteiger partial charge in [-0.3, -0.25) is 15.1 Å². The fraction of sp³-hybridized carbons (Fsp3) is 0.294. The van der Waals surface area contributed by atoms with Gasteiger partial charge in [0.25, 0.3) is 0 Å². The monoisotopic (exact) mass is 354 g/mol. The van der Waals surface area contributed by atoms with Crippen LogP contribution in [0.3, 0.4) is 0 Å². The van der Waals surface area contributed by atoms with Crippen LogP contribution in [0.4, 0.5) is 10.6 Å². The molecular formula is C17H18N6O3. The Balaban J connectivity index is 1.66. The van der Waals surface area contributed by atoms with E-state index in [0.29, 0.717) is 35.9 Å². The van der Waals surface area contributed by atoms with Gasteiger partial charge in [-0.25, -0.2) is 4.79 Å². The summed E-state index contributed by atoms with van der Waals surface area (Å²) in [6.07, 6.45) is 4.15. The molecule has 134 valence electrons. The first-order chi connectivity index (χ1) is 12.6. The number of hydrogen-bond acceptors (Lipinski definition) is 6. The third kappa shape index (κ3) is 3.10. The summed E-state index contributed by atoms with van der Waals surface area (Å²) >= 11 is 0. The molecule has 1 aliphatic carbocycles. The zero-order chi connectivity index (χ0) is 18.1. The normalized spacial score (nSPS) is 14.9. The second kappa shape index (κ2) is 6.17. The highest BCUT2D eigenvalue weighted by molar-refractivity contribution is 5.93. The number of nitrogens with zero attached hydrogens (tertiary/aromatic N) is 3. The summed E-state index contributed by atoms with van der Waals surface area (Å²) < 4.78 is 6.04.